The van der Waals surface area contributed by atoms with Crippen LogP contribution in [0.25, 0.3) is 0 Å². The van der Waals surface area contributed by atoms with Crippen LogP contribution < -0.4 is 20.7 Å². The zero-order chi connectivity index (χ0) is 31.8. The minimum Gasteiger partial charge on any atom is -0.495 e. The van der Waals surface area contributed by atoms with Crippen molar-refractivity contribution in [1.82, 2.24) is 16.0 Å². The van der Waals surface area contributed by atoms with E-state index in [0.717, 1.165) is 0 Å². The molecule has 42 heavy (non-hydrogen) atoms. The lowest BCUT2D eigenvalue weighted by atomic mass is 9.82. The number of hydrogen-bond acceptors (Lipinski definition) is 7. The molecule has 1 aromatic carbocycles. The molecule has 1 aliphatic rings. The number of methoxy groups -OCH3 is 1. The number of carbonyl (C=O) groups is 5. The van der Waals surface area contributed by atoms with Crippen LogP contribution in [0.2, 0.25) is 5.02 Å². The zero-order valence-electron chi connectivity index (χ0n) is 25.7. The van der Waals surface area contributed by atoms with Gasteiger partial charge in [0, 0.05) is 24.8 Å². The summed E-state index contributed by atoms with van der Waals surface area (Å²) >= 11 is 6.28. The maximum atomic E-state index is 13.5. The summed E-state index contributed by atoms with van der Waals surface area (Å²) in [5.74, 6) is -2.38. The summed E-state index contributed by atoms with van der Waals surface area (Å²) in [5, 5.41) is 8.76. The molecule has 0 bridgehead atoms. The predicted octanol–water partition coefficient (Wildman–Crippen LogP) is 3.53. The van der Waals surface area contributed by atoms with Gasteiger partial charge in [0.15, 0.2) is 0 Å². The highest BCUT2D eigenvalue weighted by atomic mass is 35.5. The van der Waals surface area contributed by atoms with Crippen molar-refractivity contribution < 1.29 is 33.4 Å². The molecule has 10 nitrogen and oxygen atoms in total. The minimum atomic E-state index is -1.16. The van der Waals surface area contributed by atoms with Crippen LogP contribution in [0, 0.1) is 16.7 Å². The van der Waals surface area contributed by atoms with Gasteiger partial charge in [-0.2, -0.15) is 0 Å². The van der Waals surface area contributed by atoms with Crippen molar-refractivity contribution in [2.75, 3.05) is 7.11 Å². The van der Waals surface area contributed by atoms with Crippen LogP contribution in [0.3, 0.4) is 0 Å². The van der Waals surface area contributed by atoms with Gasteiger partial charge in [-0.3, -0.25) is 14.4 Å². The maximum absolute atomic E-state index is 13.5. The van der Waals surface area contributed by atoms with Gasteiger partial charge < -0.3 is 30.2 Å². The monoisotopic (exact) mass is 605 g/mol. The first-order valence-corrected chi connectivity index (χ1v) is 14.4. The molecule has 0 saturated carbocycles. The number of esters is 1. The van der Waals surface area contributed by atoms with Crippen LogP contribution in [-0.2, 0) is 35.1 Å². The fraction of sp³-hybridized carbons (Fsp3) is 0.581. The Morgan fingerprint density at radius 3 is 2.36 bits per heavy atom. The topological polar surface area (TPSA) is 140 Å². The summed E-state index contributed by atoms with van der Waals surface area (Å²) in [6.45, 7) is 12.4. The molecule has 11 heteroatoms. The van der Waals surface area contributed by atoms with Gasteiger partial charge in [0.05, 0.1) is 17.5 Å². The molecular weight excluding hydrogens is 562 g/mol. The summed E-state index contributed by atoms with van der Waals surface area (Å²) in [4.78, 5) is 64.9. The van der Waals surface area contributed by atoms with Gasteiger partial charge in [0.2, 0.25) is 17.7 Å². The largest absolute Gasteiger partial charge is 0.495 e. The second-order valence-corrected chi connectivity index (χ2v) is 13.0. The molecule has 1 heterocycles. The van der Waals surface area contributed by atoms with Crippen molar-refractivity contribution in [3.8, 4) is 5.75 Å². The highest BCUT2D eigenvalue weighted by Crippen LogP contribution is 2.27. The number of amides is 3. The van der Waals surface area contributed by atoms with Crippen LogP contribution in [0.5, 0.6) is 5.75 Å². The van der Waals surface area contributed by atoms with E-state index in [2.05, 4.69) is 16.0 Å². The molecule has 3 amide bonds. The van der Waals surface area contributed by atoms with Crippen molar-refractivity contribution in [1.29, 1.82) is 0 Å². The third kappa shape index (κ3) is 9.86. The van der Waals surface area contributed by atoms with E-state index < -0.39 is 59.3 Å². The lowest BCUT2D eigenvalue weighted by molar-refractivity contribution is -0.157. The highest BCUT2D eigenvalue weighted by Gasteiger charge is 2.40. The number of cyclic esters (lactones) is 1. The number of halogens is 1. The molecule has 0 radical (unpaired) electrons. The van der Waals surface area contributed by atoms with Gasteiger partial charge in [0.1, 0.15) is 30.2 Å². The van der Waals surface area contributed by atoms with Crippen LogP contribution >= 0.6 is 11.6 Å². The van der Waals surface area contributed by atoms with Gasteiger partial charge in [-0.05, 0) is 56.4 Å². The summed E-state index contributed by atoms with van der Waals surface area (Å²) in [6, 6.07) is 2.39. The van der Waals surface area contributed by atoms with Gasteiger partial charge in [-0.25, -0.2) is 4.79 Å². The number of nitrogens with one attached hydrogen (secondary N) is 3. The Kier molecular flexibility index (Phi) is 12.2. The van der Waals surface area contributed by atoms with E-state index >= 15 is 0 Å². The second-order valence-electron chi connectivity index (χ2n) is 12.6. The molecule has 232 valence electrons. The third-order valence-electron chi connectivity index (χ3n) is 7.43. The number of rotatable bonds is 6. The summed E-state index contributed by atoms with van der Waals surface area (Å²) < 4.78 is 10.9. The average molecular weight is 606 g/mol. The van der Waals surface area contributed by atoms with E-state index in [1.165, 1.54) is 19.3 Å². The van der Waals surface area contributed by atoms with E-state index in [9.17, 15) is 24.0 Å². The number of hydrogen-bond donors (Lipinski definition) is 3. The first kappa shape index (κ1) is 34.8. The molecule has 0 fully saturated rings. The van der Waals surface area contributed by atoms with Gasteiger partial charge >= 0.3 is 5.97 Å². The van der Waals surface area contributed by atoms with E-state index in [-0.39, 0.29) is 24.7 Å². The molecule has 2 rings (SSSR count). The molecule has 1 aromatic rings. The Balaban J connectivity index is 2.49. The van der Waals surface area contributed by atoms with Crippen LogP contribution in [0.4, 0.5) is 0 Å². The molecule has 3 N–H and O–H groups in total. The minimum absolute atomic E-state index is 0.0722. The van der Waals surface area contributed by atoms with Crippen molar-refractivity contribution in [3.63, 3.8) is 0 Å². The van der Waals surface area contributed by atoms with Crippen molar-refractivity contribution in [3.05, 3.63) is 40.9 Å². The van der Waals surface area contributed by atoms with E-state index in [4.69, 9.17) is 21.1 Å². The molecule has 0 unspecified atom stereocenters. The highest BCUT2D eigenvalue weighted by molar-refractivity contribution is 6.32. The SMILES string of the molecule is COc1ccc(C[C@H]2NC(=O)C=CC[C@@H]([C@H](C)C=O)OC(=O)[C@H](CC(C)(C)C)NC(=O)C(C)(C)[C@H](C)NC2=O)cc1Cl. The molecular formula is C31H44ClN3O7. The predicted molar refractivity (Wildman–Crippen MR) is 160 cm³/mol. The first-order valence-electron chi connectivity index (χ1n) is 14.0. The summed E-state index contributed by atoms with van der Waals surface area (Å²) in [5.41, 5.74) is -0.819. The first-order chi connectivity index (χ1) is 19.5. The Hall–Kier alpha value is -3.40. The summed E-state index contributed by atoms with van der Waals surface area (Å²) in [7, 11) is 1.49. The Bertz CT molecular complexity index is 1190. The Morgan fingerprint density at radius 1 is 1.12 bits per heavy atom. The van der Waals surface area contributed by atoms with Crippen molar-refractivity contribution in [2.45, 2.75) is 92.0 Å². The van der Waals surface area contributed by atoms with E-state index in [1.54, 1.807) is 45.9 Å². The second kappa shape index (κ2) is 14.7. The molecule has 0 saturated heterocycles. The van der Waals surface area contributed by atoms with Crippen molar-refractivity contribution in [2.24, 2.45) is 16.7 Å². The lowest BCUT2D eigenvalue weighted by Gasteiger charge is -2.35. The molecule has 5 atom stereocenters. The van der Waals surface area contributed by atoms with Crippen LogP contribution in [-0.4, -0.2) is 61.3 Å². The molecule has 0 aromatic heterocycles. The third-order valence-corrected chi connectivity index (χ3v) is 7.72. The molecule has 0 aliphatic carbocycles. The standard InChI is InChI=1S/C31H44ClN3O7/c1-18(17-36)24-10-9-11-26(37)34-22(15-20-12-13-25(41-8)21(32)14-20)27(38)33-19(2)31(6,7)29(40)35-23(28(39)42-24)16-30(3,4)5/h9,11-14,17-19,22-24H,10,15-16H2,1-8H3,(H,33,38)(H,34,37)(H,35,40)/t18-,19+,22-,23+,24+/m1/s1. The van der Waals surface area contributed by atoms with E-state index in [0.29, 0.717) is 22.6 Å². The van der Waals surface area contributed by atoms with Gasteiger partial charge in [-0.1, -0.05) is 51.4 Å². The van der Waals surface area contributed by atoms with Gasteiger partial charge in [0.25, 0.3) is 0 Å². The zero-order valence-corrected chi connectivity index (χ0v) is 26.5. The van der Waals surface area contributed by atoms with Crippen LogP contribution in [0.1, 0.15) is 66.9 Å². The fourth-order valence-electron chi connectivity index (χ4n) is 4.34. The van der Waals surface area contributed by atoms with E-state index in [1.807, 2.05) is 20.8 Å². The molecule has 0 spiro atoms. The fourth-order valence-corrected chi connectivity index (χ4v) is 4.62. The number of benzene rings is 1. The maximum Gasteiger partial charge on any atom is 0.328 e. The number of ether oxygens (including phenoxy) is 2. The summed E-state index contributed by atoms with van der Waals surface area (Å²) in [6.07, 6.45) is 3.01. The normalized spacial score (nSPS) is 25.0. The number of aldehydes is 1. The molecule has 1 aliphatic heterocycles. The van der Waals surface area contributed by atoms with Crippen molar-refractivity contribution >= 4 is 41.6 Å². The van der Waals surface area contributed by atoms with Gasteiger partial charge in [-0.15, -0.1) is 0 Å². The average Bonchev–Trinajstić information content (AvgIpc) is 2.89. The quantitative estimate of drug-likeness (QED) is 0.333. The number of carbonyl (C=O) groups excluding carboxylic acids is 5. The smallest absolute Gasteiger partial charge is 0.328 e. The van der Waals surface area contributed by atoms with Crippen LogP contribution in [0.15, 0.2) is 30.4 Å². The Morgan fingerprint density at radius 2 is 1.79 bits per heavy atom. The lowest BCUT2D eigenvalue weighted by Crippen LogP contribution is -2.58. The Labute approximate surface area is 253 Å².